The highest BCUT2D eigenvalue weighted by Crippen LogP contribution is 2.22. The molecule has 7 heteroatoms. The lowest BCUT2D eigenvalue weighted by atomic mass is 10.1. The smallest absolute Gasteiger partial charge is 0.270 e. The molecule has 1 N–H and O–H groups in total. The van der Waals surface area contributed by atoms with Crippen molar-refractivity contribution in [2.24, 2.45) is 0 Å². The summed E-state index contributed by atoms with van der Waals surface area (Å²) >= 11 is 1.63. The number of benzene rings is 1. The van der Waals surface area contributed by atoms with Crippen LogP contribution >= 0.6 is 11.3 Å². The van der Waals surface area contributed by atoms with E-state index in [0.29, 0.717) is 31.6 Å². The summed E-state index contributed by atoms with van der Waals surface area (Å²) in [5, 5.41) is 3.94. The molecule has 0 radical (unpaired) electrons. The molecule has 2 amide bonds. The topological polar surface area (TPSA) is 67.2 Å². The second-order valence-corrected chi connectivity index (χ2v) is 7.61. The number of carbonyl (C=O) groups is 2. The van der Waals surface area contributed by atoms with E-state index in [9.17, 15) is 9.59 Å². The lowest BCUT2D eigenvalue weighted by Gasteiger charge is -2.33. The van der Waals surface area contributed by atoms with E-state index < -0.39 is 0 Å². The monoisotopic (exact) mass is 368 g/mol. The number of fused-ring (bicyclic) bond motifs is 2. The molecule has 134 valence electrons. The fourth-order valence-corrected chi connectivity index (χ4v) is 4.20. The van der Waals surface area contributed by atoms with Crippen LogP contribution in [-0.4, -0.2) is 45.9 Å². The molecule has 1 aliphatic rings. The van der Waals surface area contributed by atoms with Crippen molar-refractivity contribution in [2.45, 2.75) is 25.4 Å². The van der Waals surface area contributed by atoms with E-state index in [1.807, 2.05) is 47.2 Å². The normalized spacial score (nSPS) is 16.7. The minimum atomic E-state index is -0.0335. The Hall–Kier alpha value is -2.67. The van der Waals surface area contributed by atoms with Crippen LogP contribution in [0.2, 0.25) is 0 Å². The summed E-state index contributed by atoms with van der Waals surface area (Å²) in [4.78, 5) is 30.8. The summed E-state index contributed by atoms with van der Waals surface area (Å²) in [6.45, 7) is 1.15. The van der Waals surface area contributed by atoms with Gasteiger partial charge in [-0.3, -0.25) is 9.59 Å². The van der Waals surface area contributed by atoms with Gasteiger partial charge >= 0.3 is 0 Å². The number of carbonyl (C=O) groups excluding carboxylic acids is 2. The van der Waals surface area contributed by atoms with Crippen LogP contribution in [0.15, 0.2) is 42.6 Å². The lowest BCUT2D eigenvalue weighted by molar-refractivity contribution is -0.121. The largest absolute Gasteiger partial charge is 0.354 e. The third kappa shape index (κ3) is 3.22. The van der Waals surface area contributed by atoms with Crippen LogP contribution in [0, 0.1) is 0 Å². The molecular weight excluding hydrogens is 348 g/mol. The number of nitrogens with one attached hydrogen (secondary N) is 1. The minimum absolute atomic E-state index is 0.00465. The first-order valence-corrected chi connectivity index (χ1v) is 9.47. The Morgan fingerprint density at radius 1 is 1.31 bits per heavy atom. The van der Waals surface area contributed by atoms with Crippen molar-refractivity contribution in [1.29, 1.82) is 0 Å². The van der Waals surface area contributed by atoms with Crippen LogP contribution in [0.3, 0.4) is 0 Å². The Balaban J connectivity index is 1.31. The molecule has 1 unspecified atom stereocenters. The van der Waals surface area contributed by atoms with E-state index in [1.54, 1.807) is 23.3 Å². The van der Waals surface area contributed by atoms with Crippen molar-refractivity contribution in [3.63, 3.8) is 0 Å². The van der Waals surface area contributed by atoms with Crippen LogP contribution in [0.25, 0.3) is 10.2 Å². The fourth-order valence-electron chi connectivity index (χ4n) is 3.23. The summed E-state index contributed by atoms with van der Waals surface area (Å²) < 4.78 is 3.09. The van der Waals surface area contributed by atoms with E-state index in [2.05, 4.69) is 10.3 Å². The maximum absolute atomic E-state index is 12.3. The second-order valence-electron chi connectivity index (χ2n) is 6.50. The third-order valence-electron chi connectivity index (χ3n) is 4.76. The summed E-state index contributed by atoms with van der Waals surface area (Å²) in [6, 6.07) is 11.7. The molecule has 0 saturated carbocycles. The summed E-state index contributed by atoms with van der Waals surface area (Å²) in [7, 11) is 1.79. The predicted octanol–water partition coefficient (Wildman–Crippen LogP) is 2.30. The fraction of sp³-hybridized carbons (Fsp3) is 0.316. The van der Waals surface area contributed by atoms with Gasteiger partial charge in [-0.25, -0.2) is 4.98 Å². The highest BCUT2D eigenvalue weighted by atomic mass is 32.1. The highest BCUT2D eigenvalue weighted by Gasteiger charge is 2.29. The van der Waals surface area contributed by atoms with Crippen molar-refractivity contribution in [2.75, 3.05) is 13.6 Å². The van der Waals surface area contributed by atoms with Gasteiger partial charge in [0.2, 0.25) is 5.91 Å². The number of rotatable bonds is 5. The molecule has 1 aromatic carbocycles. The first-order chi connectivity index (χ1) is 12.6. The van der Waals surface area contributed by atoms with E-state index in [-0.39, 0.29) is 17.9 Å². The Kier molecular flexibility index (Phi) is 4.46. The highest BCUT2D eigenvalue weighted by molar-refractivity contribution is 7.18. The molecule has 1 atom stereocenters. The molecule has 2 aromatic heterocycles. The Bertz CT molecular complexity index is 928. The number of likely N-dealkylation sites (N-methyl/N-ethyl adjacent to an activating group) is 1. The van der Waals surface area contributed by atoms with Gasteiger partial charge in [0.25, 0.3) is 5.91 Å². The standard InChI is InChI=1S/C19H20N4O2S/c1-22-13(12-23-10-4-6-15(23)19(22)25)11-20-17(24)8-9-18-21-14-5-2-3-7-16(14)26-18/h2-7,10,13H,8-9,11-12H2,1H3,(H,20,24). The minimum Gasteiger partial charge on any atom is -0.354 e. The number of nitrogens with zero attached hydrogens (tertiary/aromatic N) is 3. The van der Waals surface area contributed by atoms with Gasteiger partial charge in [0, 0.05) is 39.2 Å². The van der Waals surface area contributed by atoms with Crippen LogP contribution in [0.1, 0.15) is 21.9 Å². The van der Waals surface area contributed by atoms with E-state index in [1.165, 1.54) is 0 Å². The van der Waals surface area contributed by atoms with E-state index in [4.69, 9.17) is 0 Å². The van der Waals surface area contributed by atoms with Gasteiger partial charge in [-0.1, -0.05) is 12.1 Å². The number of amides is 2. The van der Waals surface area contributed by atoms with Gasteiger partial charge < -0.3 is 14.8 Å². The molecule has 3 heterocycles. The molecule has 3 aromatic rings. The summed E-state index contributed by atoms with van der Waals surface area (Å²) in [5.41, 5.74) is 1.68. The molecule has 0 saturated heterocycles. The van der Waals surface area contributed by atoms with Crippen molar-refractivity contribution in [1.82, 2.24) is 19.8 Å². The average molecular weight is 368 g/mol. The molecule has 0 aliphatic carbocycles. The van der Waals surface area contributed by atoms with Crippen molar-refractivity contribution < 1.29 is 9.59 Å². The number of hydrogen-bond donors (Lipinski definition) is 1. The summed E-state index contributed by atoms with van der Waals surface area (Å²) in [6.07, 6.45) is 2.94. The number of thiazole rings is 1. The molecule has 0 spiro atoms. The van der Waals surface area contributed by atoms with E-state index in [0.717, 1.165) is 15.2 Å². The second kappa shape index (κ2) is 6.92. The number of hydrogen-bond acceptors (Lipinski definition) is 4. The van der Waals surface area contributed by atoms with Crippen molar-refractivity contribution in [3.8, 4) is 0 Å². The summed E-state index contributed by atoms with van der Waals surface area (Å²) in [5.74, 6) is -0.0154. The first-order valence-electron chi connectivity index (χ1n) is 8.65. The molecular formula is C19H20N4O2S. The van der Waals surface area contributed by atoms with Gasteiger partial charge in [-0.2, -0.15) is 0 Å². The molecule has 0 bridgehead atoms. The lowest BCUT2D eigenvalue weighted by Crippen LogP contribution is -2.50. The predicted molar refractivity (Wildman–Crippen MR) is 101 cm³/mol. The zero-order valence-electron chi connectivity index (χ0n) is 14.5. The van der Waals surface area contributed by atoms with Crippen LogP contribution in [-0.2, 0) is 17.8 Å². The van der Waals surface area contributed by atoms with Gasteiger partial charge in [0.05, 0.1) is 21.3 Å². The molecule has 26 heavy (non-hydrogen) atoms. The molecule has 1 aliphatic heterocycles. The average Bonchev–Trinajstić information content (AvgIpc) is 3.28. The number of aromatic nitrogens is 2. The van der Waals surface area contributed by atoms with Crippen LogP contribution in [0.5, 0.6) is 0 Å². The van der Waals surface area contributed by atoms with Crippen LogP contribution < -0.4 is 5.32 Å². The molecule has 4 rings (SSSR count). The quantitative estimate of drug-likeness (QED) is 0.751. The van der Waals surface area contributed by atoms with E-state index >= 15 is 0 Å². The third-order valence-corrected chi connectivity index (χ3v) is 5.86. The maximum atomic E-state index is 12.3. The maximum Gasteiger partial charge on any atom is 0.270 e. The Labute approximate surface area is 155 Å². The van der Waals surface area contributed by atoms with Gasteiger partial charge in [0.1, 0.15) is 5.69 Å². The SMILES string of the molecule is CN1C(=O)c2cccn2CC1CNC(=O)CCc1nc2ccccc2s1. The number of aryl methyl sites for hydroxylation is 1. The Morgan fingerprint density at radius 3 is 3.00 bits per heavy atom. The van der Waals surface area contributed by atoms with Gasteiger partial charge in [-0.15, -0.1) is 11.3 Å². The molecule has 6 nitrogen and oxygen atoms in total. The Morgan fingerprint density at radius 2 is 2.15 bits per heavy atom. The van der Waals surface area contributed by atoms with Gasteiger partial charge in [0.15, 0.2) is 0 Å². The zero-order chi connectivity index (χ0) is 18.1. The zero-order valence-corrected chi connectivity index (χ0v) is 15.3. The molecule has 0 fully saturated rings. The van der Waals surface area contributed by atoms with Crippen molar-refractivity contribution >= 4 is 33.4 Å². The van der Waals surface area contributed by atoms with Crippen LogP contribution in [0.4, 0.5) is 0 Å². The number of para-hydroxylation sites is 1. The first kappa shape index (κ1) is 16.8. The van der Waals surface area contributed by atoms with Gasteiger partial charge in [-0.05, 0) is 24.3 Å². The van der Waals surface area contributed by atoms with Crippen molar-refractivity contribution in [3.05, 3.63) is 53.3 Å².